The number of carbonyl (C=O) groups is 1. The van der Waals surface area contributed by atoms with Gasteiger partial charge in [0.1, 0.15) is 12.3 Å². The topological polar surface area (TPSA) is 153 Å². The number of H-pyrrole nitrogens is 1. The number of aromatic nitrogens is 2. The molecule has 0 amide bonds. The van der Waals surface area contributed by atoms with Crippen molar-refractivity contribution in [3.05, 3.63) is 32.9 Å². The first-order valence-corrected chi connectivity index (χ1v) is 7.67. The number of hydrogen-bond donors (Lipinski definition) is 4. The number of rotatable bonds is 6. The standard InChI is InChI=1S/C8H9FN2O3.C6H14N2O2/c9-5-4-11(6-2-1-3-14-6)8(13)10-7(5)12;7-4-2-1-3-5(8)6(9)10/h4,6H,1-3H2,(H,10,12,13);5H,1-4,7-8H2,(H,9,10). The highest BCUT2D eigenvalue weighted by molar-refractivity contribution is 5.72. The number of halogens is 1. The van der Waals surface area contributed by atoms with Crippen LogP contribution >= 0.6 is 0 Å². The summed E-state index contributed by atoms with van der Waals surface area (Å²) < 4.78 is 19.1. The summed E-state index contributed by atoms with van der Waals surface area (Å²) in [6.07, 6.45) is 4.09. The molecule has 0 bridgehead atoms. The summed E-state index contributed by atoms with van der Waals surface area (Å²) in [7, 11) is 0. The third-order valence-corrected chi connectivity index (χ3v) is 3.43. The highest BCUT2D eigenvalue weighted by atomic mass is 19.1. The number of aliphatic carboxylic acids is 1. The van der Waals surface area contributed by atoms with Gasteiger partial charge in [-0.05, 0) is 32.2 Å². The van der Waals surface area contributed by atoms with Crippen LogP contribution in [0.2, 0.25) is 0 Å². The van der Waals surface area contributed by atoms with E-state index in [1.54, 1.807) is 0 Å². The zero-order valence-corrected chi connectivity index (χ0v) is 13.2. The maximum Gasteiger partial charge on any atom is 0.330 e. The Morgan fingerprint density at radius 1 is 1.50 bits per heavy atom. The molecule has 10 heteroatoms. The largest absolute Gasteiger partial charge is 0.480 e. The van der Waals surface area contributed by atoms with E-state index in [0.717, 1.165) is 30.0 Å². The summed E-state index contributed by atoms with van der Waals surface area (Å²) in [6.45, 7) is 1.16. The lowest BCUT2D eigenvalue weighted by atomic mass is 10.1. The SMILES string of the molecule is NCCCCC(N)C(=O)O.O=c1[nH]c(=O)n(C2CCCO2)cc1F. The van der Waals surface area contributed by atoms with E-state index in [-0.39, 0.29) is 0 Å². The van der Waals surface area contributed by atoms with Crippen molar-refractivity contribution in [2.75, 3.05) is 13.2 Å². The van der Waals surface area contributed by atoms with Crippen LogP contribution in [0.25, 0.3) is 0 Å². The first kappa shape index (κ1) is 20.0. The third-order valence-electron chi connectivity index (χ3n) is 3.43. The molecule has 136 valence electrons. The van der Waals surface area contributed by atoms with Crippen molar-refractivity contribution in [2.24, 2.45) is 11.5 Å². The Labute approximate surface area is 137 Å². The van der Waals surface area contributed by atoms with Crippen LogP contribution in [0.5, 0.6) is 0 Å². The second kappa shape index (κ2) is 9.96. The number of carboxylic acid groups (broad SMARTS) is 1. The number of nitrogens with one attached hydrogen (secondary N) is 1. The molecule has 1 aromatic rings. The molecule has 1 aliphatic rings. The second-order valence-corrected chi connectivity index (χ2v) is 5.34. The highest BCUT2D eigenvalue weighted by Crippen LogP contribution is 2.20. The van der Waals surface area contributed by atoms with E-state index in [2.05, 4.69) is 0 Å². The Balaban J connectivity index is 0.000000257. The molecule has 1 aliphatic heterocycles. The summed E-state index contributed by atoms with van der Waals surface area (Å²) >= 11 is 0. The maximum absolute atomic E-state index is 12.9. The number of carboxylic acids is 1. The molecule has 0 aliphatic carbocycles. The normalized spacial score (nSPS) is 17.9. The zero-order chi connectivity index (χ0) is 18.1. The van der Waals surface area contributed by atoms with Crippen molar-refractivity contribution in [3.63, 3.8) is 0 Å². The quantitative estimate of drug-likeness (QED) is 0.507. The molecular weight excluding hydrogens is 323 g/mol. The molecule has 0 radical (unpaired) electrons. The maximum atomic E-state index is 12.9. The van der Waals surface area contributed by atoms with Crippen molar-refractivity contribution in [1.29, 1.82) is 0 Å². The fraction of sp³-hybridized carbons (Fsp3) is 0.643. The number of unbranched alkanes of at least 4 members (excludes halogenated alkanes) is 1. The van der Waals surface area contributed by atoms with Crippen LogP contribution in [-0.4, -0.2) is 39.8 Å². The smallest absolute Gasteiger partial charge is 0.330 e. The first-order chi connectivity index (χ1) is 11.4. The molecule has 1 saturated heterocycles. The number of aromatic amines is 1. The fourth-order valence-corrected chi connectivity index (χ4v) is 2.09. The van der Waals surface area contributed by atoms with Crippen LogP contribution in [0, 0.1) is 5.82 Å². The van der Waals surface area contributed by atoms with Gasteiger partial charge in [-0.3, -0.25) is 19.1 Å². The van der Waals surface area contributed by atoms with Crippen molar-refractivity contribution in [3.8, 4) is 0 Å². The summed E-state index contributed by atoms with van der Waals surface area (Å²) in [5.74, 6) is -1.91. The molecule has 2 heterocycles. The number of nitrogens with two attached hydrogens (primary N) is 2. The van der Waals surface area contributed by atoms with Gasteiger partial charge < -0.3 is 21.3 Å². The van der Waals surface area contributed by atoms with Crippen LogP contribution < -0.4 is 22.7 Å². The van der Waals surface area contributed by atoms with Crippen molar-refractivity contribution in [2.45, 2.75) is 44.4 Å². The van der Waals surface area contributed by atoms with E-state index < -0.39 is 35.3 Å². The Hall–Kier alpha value is -2.04. The minimum atomic E-state index is -0.996. The molecule has 2 rings (SSSR count). The molecule has 2 atom stereocenters. The van der Waals surface area contributed by atoms with Gasteiger partial charge >= 0.3 is 11.7 Å². The van der Waals surface area contributed by atoms with Gasteiger partial charge in [0, 0.05) is 6.61 Å². The van der Waals surface area contributed by atoms with E-state index in [4.69, 9.17) is 21.3 Å². The molecule has 1 fully saturated rings. The van der Waals surface area contributed by atoms with Crippen molar-refractivity contribution in [1.82, 2.24) is 9.55 Å². The van der Waals surface area contributed by atoms with Gasteiger partial charge in [0.15, 0.2) is 0 Å². The summed E-state index contributed by atoms with van der Waals surface area (Å²) in [6, 6.07) is -0.716. The Kier molecular flexibility index (Phi) is 8.30. The van der Waals surface area contributed by atoms with E-state index in [1.165, 1.54) is 0 Å². The van der Waals surface area contributed by atoms with Gasteiger partial charge in [-0.25, -0.2) is 4.79 Å². The molecule has 0 saturated carbocycles. The Morgan fingerprint density at radius 3 is 2.75 bits per heavy atom. The van der Waals surface area contributed by atoms with Gasteiger partial charge in [-0.2, -0.15) is 4.39 Å². The minimum absolute atomic E-state index is 0.450. The van der Waals surface area contributed by atoms with Crippen LogP contribution in [0.1, 0.15) is 38.3 Å². The van der Waals surface area contributed by atoms with E-state index >= 15 is 0 Å². The lowest BCUT2D eigenvalue weighted by Crippen LogP contribution is -2.33. The van der Waals surface area contributed by atoms with Gasteiger partial charge in [0.05, 0.1) is 6.20 Å². The van der Waals surface area contributed by atoms with Crippen molar-refractivity contribution >= 4 is 5.97 Å². The highest BCUT2D eigenvalue weighted by Gasteiger charge is 2.19. The summed E-state index contributed by atoms with van der Waals surface area (Å²) in [5, 5.41) is 8.33. The lowest BCUT2D eigenvalue weighted by molar-refractivity contribution is -0.138. The monoisotopic (exact) mass is 346 g/mol. The van der Waals surface area contributed by atoms with E-state index in [0.29, 0.717) is 26.0 Å². The Morgan fingerprint density at radius 2 is 2.21 bits per heavy atom. The van der Waals surface area contributed by atoms with E-state index in [1.807, 2.05) is 4.98 Å². The lowest BCUT2D eigenvalue weighted by Gasteiger charge is -2.11. The van der Waals surface area contributed by atoms with Gasteiger partial charge in [0.2, 0.25) is 5.82 Å². The average molecular weight is 346 g/mol. The molecule has 0 spiro atoms. The van der Waals surface area contributed by atoms with Crippen molar-refractivity contribution < 1.29 is 19.0 Å². The molecule has 0 aromatic carbocycles. The molecule has 1 aromatic heterocycles. The summed E-state index contributed by atoms with van der Waals surface area (Å²) in [4.78, 5) is 34.0. The van der Waals surface area contributed by atoms with Crippen LogP contribution in [0.15, 0.2) is 15.8 Å². The molecular formula is C14H23FN4O5. The van der Waals surface area contributed by atoms with Gasteiger partial charge in [-0.1, -0.05) is 6.42 Å². The summed E-state index contributed by atoms with van der Waals surface area (Å²) in [5.41, 5.74) is 8.79. The number of ether oxygens (including phenoxy) is 1. The van der Waals surface area contributed by atoms with Crippen LogP contribution in [0.3, 0.4) is 0 Å². The molecule has 2 unspecified atom stereocenters. The third kappa shape index (κ3) is 6.22. The number of nitrogens with zero attached hydrogens (tertiary/aromatic N) is 1. The van der Waals surface area contributed by atoms with E-state index in [9.17, 15) is 18.8 Å². The Bertz CT molecular complexity index is 639. The molecule has 9 nitrogen and oxygen atoms in total. The zero-order valence-electron chi connectivity index (χ0n) is 13.2. The molecule has 6 N–H and O–H groups in total. The predicted octanol–water partition coefficient (Wildman–Crippen LogP) is -0.488. The second-order valence-electron chi connectivity index (χ2n) is 5.34. The van der Waals surface area contributed by atoms with Crippen LogP contribution in [-0.2, 0) is 9.53 Å². The first-order valence-electron chi connectivity index (χ1n) is 7.67. The fourth-order valence-electron chi connectivity index (χ4n) is 2.09. The van der Waals surface area contributed by atoms with Crippen LogP contribution in [0.4, 0.5) is 4.39 Å². The minimum Gasteiger partial charge on any atom is -0.480 e. The number of hydrogen-bond acceptors (Lipinski definition) is 6. The average Bonchev–Trinajstić information content (AvgIpc) is 3.05. The molecule has 24 heavy (non-hydrogen) atoms. The predicted molar refractivity (Wildman–Crippen MR) is 84.0 cm³/mol. The van der Waals surface area contributed by atoms with Gasteiger partial charge in [0.25, 0.3) is 5.56 Å². The van der Waals surface area contributed by atoms with Gasteiger partial charge in [-0.15, -0.1) is 0 Å².